The van der Waals surface area contributed by atoms with Crippen molar-refractivity contribution in [2.24, 2.45) is 5.92 Å². The van der Waals surface area contributed by atoms with E-state index < -0.39 is 92.7 Å². The Kier molecular flexibility index (Phi) is 12.3. The van der Waals surface area contributed by atoms with Crippen LogP contribution in [0.15, 0.2) is 36.4 Å². The molecule has 2 aliphatic carbocycles. The van der Waals surface area contributed by atoms with E-state index in [1.807, 2.05) is 0 Å². The molecule has 1 aromatic carbocycles. The molecule has 0 spiro atoms. The third-order valence-electron chi connectivity index (χ3n) is 11.1. The van der Waals surface area contributed by atoms with Crippen molar-refractivity contribution in [1.29, 1.82) is 0 Å². The lowest BCUT2D eigenvalue weighted by atomic mass is 10.0. The molecule has 2 aliphatic heterocycles. The Bertz CT molecular complexity index is 2090. The first-order valence-corrected chi connectivity index (χ1v) is 21.0. The lowest BCUT2D eigenvalue weighted by molar-refractivity contribution is -0.244. The van der Waals surface area contributed by atoms with Crippen LogP contribution in [0.25, 0.3) is 10.8 Å². The molecule has 59 heavy (non-hydrogen) atoms. The quantitative estimate of drug-likeness (QED) is 0.290. The Morgan fingerprint density at radius 3 is 2.47 bits per heavy atom. The molecule has 3 N–H and O–H groups in total. The van der Waals surface area contributed by atoms with Crippen LogP contribution in [0, 0.1) is 5.92 Å². The Balaban J connectivity index is 1.38. The van der Waals surface area contributed by atoms with Crippen molar-refractivity contribution in [3.05, 3.63) is 36.4 Å². The summed E-state index contributed by atoms with van der Waals surface area (Å²) in [5, 5.41) is 5.51. The molecule has 7 atom stereocenters. The minimum Gasteiger partial charge on any atom is -0.497 e. The first-order valence-electron chi connectivity index (χ1n) is 19.5. The predicted octanol–water partition coefficient (Wildman–Crippen LogP) is 4.05. The highest BCUT2D eigenvalue weighted by Crippen LogP contribution is 2.46. The van der Waals surface area contributed by atoms with Gasteiger partial charge in [-0.2, -0.15) is 18.2 Å². The summed E-state index contributed by atoms with van der Waals surface area (Å²) in [6.45, 7) is 4.43. The Labute approximate surface area is 339 Å². The smallest absolute Gasteiger partial charge is 0.427 e. The van der Waals surface area contributed by atoms with Crippen molar-refractivity contribution in [3.8, 4) is 17.5 Å². The van der Waals surface area contributed by atoms with Gasteiger partial charge in [-0.1, -0.05) is 19.1 Å². The van der Waals surface area contributed by atoms with Gasteiger partial charge >= 0.3 is 12.3 Å². The number of ether oxygens (including phenoxy) is 5. The zero-order valence-electron chi connectivity index (χ0n) is 33.6. The summed E-state index contributed by atoms with van der Waals surface area (Å²) >= 11 is 0. The monoisotopic (exact) mass is 853 g/mol. The largest absolute Gasteiger partial charge is 0.497 e. The number of nitrogens with one attached hydrogen (secondary N) is 3. The Hall–Kier alpha value is -4.85. The number of halogens is 3. The van der Waals surface area contributed by atoms with Gasteiger partial charge in [-0.05, 0) is 82.9 Å². The predicted molar refractivity (Wildman–Crippen MR) is 205 cm³/mol. The zero-order valence-corrected chi connectivity index (χ0v) is 34.4. The zero-order chi connectivity index (χ0) is 43.1. The topological polar surface area (TPSA) is 201 Å². The maximum Gasteiger partial charge on any atom is 0.427 e. The van der Waals surface area contributed by atoms with Crippen LogP contribution in [0.4, 0.5) is 18.0 Å². The molecule has 2 saturated carbocycles. The molecular weight excluding hydrogens is 804 g/mol. The number of hydrogen-bond donors (Lipinski definition) is 3. The summed E-state index contributed by atoms with van der Waals surface area (Å²) in [5.41, 5.74) is -4.61. The second-order valence-corrected chi connectivity index (χ2v) is 17.9. The number of nitrogens with zero attached hydrogens (tertiary/aromatic N) is 2. The highest BCUT2D eigenvalue weighted by molar-refractivity contribution is 7.91. The standard InChI is InChI=1S/C39H50F3N5O11S/c1-7-29-31(44-36(51)58-37(3,4)39(40,41)42)34(49)47-20-25(57-33-27-15-12-24(54-5)16-22(27)17-30(43-33)55-6)18-28(47)32(48)45-38(35(50)46-59(52,53)26-13-14-26)19-23(38)11-9-8-10-21(2)56-29/h9,11-12,15-17,21,23,25-26,28-29,31H,7-8,10,13-14,18-20H2,1-6H3,(H,44,51)(H,45,48)(H,46,50)/b11-9-/t21-,23?,25-,28+,29+,31+,38-/m1/s1. The number of methoxy groups -OCH3 is 2. The van der Waals surface area contributed by atoms with Crippen molar-refractivity contribution in [2.75, 3.05) is 20.8 Å². The number of carbonyl (C=O) groups is 4. The summed E-state index contributed by atoms with van der Waals surface area (Å²) in [6, 6.07) is 3.74. The maximum atomic E-state index is 14.8. The normalized spacial score (nSPS) is 28.5. The van der Waals surface area contributed by atoms with E-state index in [0.717, 1.165) is 4.90 Å². The number of alkyl carbamates (subject to hydrolysis) is 1. The van der Waals surface area contributed by atoms with Crippen LogP contribution in [0.1, 0.15) is 72.6 Å². The number of benzene rings is 1. The minimum atomic E-state index is -4.95. The van der Waals surface area contributed by atoms with E-state index in [9.17, 15) is 40.8 Å². The van der Waals surface area contributed by atoms with Crippen molar-refractivity contribution in [3.63, 3.8) is 0 Å². The average molecular weight is 854 g/mol. The lowest BCUT2D eigenvalue weighted by Gasteiger charge is -2.35. The van der Waals surface area contributed by atoms with E-state index in [0.29, 0.717) is 56.1 Å². The number of alkyl halides is 3. The molecule has 3 fully saturated rings. The van der Waals surface area contributed by atoms with E-state index >= 15 is 0 Å². The van der Waals surface area contributed by atoms with Crippen LogP contribution in [0.3, 0.4) is 0 Å². The van der Waals surface area contributed by atoms with Crippen LogP contribution in [0.2, 0.25) is 0 Å². The molecule has 1 unspecified atom stereocenters. The Morgan fingerprint density at radius 1 is 1.10 bits per heavy atom. The van der Waals surface area contributed by atoms with Crippen LogP contribution < -0.4 is 29.6 Å². The van der Waals surface area contributed by atoms with Gasteiger partial charge in [0.05, 0.1) is 38.2 Å². The van der Waals surface area contributed by atoms with E-state index in [4.69, 9.17) is 23.7 Å². The maximum absolute atomic E-state index is 14.8. The summed E-state index contributed by atoms with van der Waals surface area (Å²) in [7, 11) is -1.09. The first-order chi connectivity index (χ1) is 27.7. The van der Waals surface area contributed by atoms with Crippen LogP contribution in [0.5, 0.6) is 17.5 Å². The van der Waals surface area contributed by atoms with Gasteiger partial charge in [-0.25, -0.2) is 13.2 Å². The number of sulfonamides is 1. The SMILES string of the molecule is CC[C@@H]1O[C@H](C)CC/C=C\C2C[C@@]2(C(=O)NS(=O)(=O)C2CC2)NC(=O)[C@@H]2C[C@@H](Oc3nc(OC)cc4cc(OC)ccc34)CN2C(=O)[C@H]1NC(=O)OC(C)(C)C(F)(F)F. The van der Waals surface area contributed by atoms with E-state index in [-0.39, 0.29) is 37.6 Å². The minimum absolute atomic E-state index is 0.0695. The highest BCUT2D eigenvalue weighted by atomic mass is 32.2. The molecule has 3 heterocycles. The number of carbonyl (C=O) groups excluding carboxylic acids is 4. The van der Waals surface area contributed by atoms with Crippen LogP contribution in [-0.4, -0.2) is 116 Å². The molecule has 4 amide bonds. The van der Waals surface area contributed by atoms with Gasteiger partial charge in [0.1, 0.15) is 29.5 Å². The summed E-state index contributed by atoms with van der Waals surface area (Å²) in [5.74, 6) is -2.42. The van der Waals surface area contributed by atoms with Crippen molar-refractivity contribution in [1.82, 2.24) is 25.2 Å². The van der Waals surface area contributed by atoms with Gasteiger partial charge in [0.2, 0.25) is 39.2 Å². The molecule has 4 aliphatic rings. The highest BCUT2D eigenvalue weighted by Gasteiger charge is 2.62. The number of rotatable bonds is 10. The second kappa shape index (κ2) is 16.7. The Morgan fingerprint density at radius 2 is 1.83 bits per heavy atom. The third-order valence-corrected chi connectivity index (χ3v) is 13.0. The van der Waals surface area contributed by atoms with Crippen molar-refractivity contribution in [2.45, 2.75) is 126 Å². The molecular formula is C39H50F3N5O11S. The molecule has 6 rings (SSSR count). The first kappa shape index (κ1) is 43.7. The molecule has 0 radical (unpaired) electrons. The summed E-state index contributed by atoms with van der Waals surface area (Å²) in [6.07, 6.45) is -3.99. The van der Waals surface area contributed by atoms with Gasteiger partial charge in [0.25, 0.3) is 5.91 Å². The van der Waals surface area contributed by atoms with Crippen LogP contribution >= 0.6 is 0 Å². The number of amides is 4. The van der Waals surface area contributed by atoms with Gasteiger partial charge in [0.15, 0.2) is 0 Å². The molecule has 16 nitrogen and oxygen atoms in total. The van der Waals surface area contributed by atoms with Gasteiger partial charge in [0, 0.05) is 23.8 Å². The molecule has 0 bridgehead atoms. The van der Waals surface area contributed by atoms with Gasteiger partial charge in [-0.15, -0.1) is 0 Å². The molecule has 324 valence electrons. The average Bonchev–Trinajstić information content (AvgIpc) is 4.10. The van der Waals surface area contributed by atoms with Crippen molar-refractivity contribution < 1.29 is 64.5 Å². The summed E-state index contributed by atoms with van der Waals surface area (Å²) in [4.78, 5) is 62.0. The molecule has 1 aromatic heterocycles. The number of fused-ring (bicyclic) bond motifs is 3. The molecule has 1 saturated heterocycles. The fourth-order valence-corrected chi connectivity index (χ4v) is 8.67. The van der Waals surface area contributed by atoms with E-state index in [2.05, 4.69) is 20.3 Å². The fraction of sp³-hybridized carbons (Fsp3) is 0.615. The number of aromatic nitrogens is 1. The number of allylic oxidation sites excluding steroid dienone is 1. The third kappa shape index (κ3) is 9.47. The van der Waals surface area contributed by atoms with Crippen LogP contribution in [-0.2, 0) is 33.9 Å². The molecule has 20 heteroatoms. The fourth-order valence-electron chi connectivity index (χ4n) is 7.31. The molecule has 2 aromatic rings. The van der Waals surface area contributed by atoms with E-state index in [1.165, 1.54) is 14.2 Å². The van der Waals surface area contributed by atoms with Gasteiger partial charge in [-0.3, -0.25) is 19.1 Å². The van der Waals surface area contributed by atoms with E-state index in [1.54, 1.807) is 50.3 Å². The second-order valence-electron chi connectivity index (χ2n) is 15.9. The lowest BCUT2D eigenvalue weighted by Crippen LogP contribution is -2.61. The van der Waals surface area contributed by atoms with Crippen molar-refractivity contribution >= 4 is 44.6 Å². The van der Waals surface area contributed by atoms with Gasteiger partial charge < -0.3 is 39.2 Å². The number of pyridine rings is 1. The summed E-state index contributed by atoms with van der Waals surface area (Å²) < 4.78 is 97.5. The number of hydrogen-bond acceptors (Lipinski definition) is 12.